The summed E-state index contributed by atoms with van der Waals surface area (Å²) in [5.74, 6) is 0.356. The maximum atomic E-state index is 5.76. The Bertz CT molecular complexity index is 364. The molecule has 0 fully saturated rings. The van der Waals surface area contributed by atoms with Gasteiger partial charge in [-0.2, -0.15) is 0 Å². The van der Waals surface area contributed by atoms with Gasteiger partial charge in [0.1, 0.15) is 5.60 Å². The van der Waals surface area contributed by atoms with E-state index in [-0.39, 0.29) is 10.8 Å². The Labute approximate surface area is 109 Å². The lowest BCUT2D eigenvalue weighted by molar-refractivity contribution is 0.00774. The van der Waals surface area contributed by atoms with Crippen molar-refractivity contribution in [1.29, 1.82) is 0 Å². The Balaban J connectivity index is 2.94. The molecule has 0 aliphatic carbocycles. The molecule has 1 aromatic carbocycles. The summed E-state index contributed by atoms with van der Waals surface area (Å²) >= 11 is 4.90. The Hall–Kier alpha value is -1.09. The highest BCUT2D eigenvalue weighted by atomic mass is 32.1. The molecule has 0 bridgehead atoms. The molecule has 0 aliphatic rings. The highest BCUT2D eigenvalue weighted by Gasteiger charge is 2.34. The molecule has 1 atom stereocenters. The Kier molecular flexibility index (Phi) is 4.94. The van der Waals surface area contributed by atoms with Gasteiger partial charge in [0.25, 0.3) is 5.17 Å². The minimum Gasteiger partial charge on any atom is -0.464 e. The molecule has 2 N–H and O–H groups in total. The molecule has 0 spiro atoms. The normalized spacial score (nSPS) is 14.4. The van der Waals surface area contributed by atoms with Crippen LogP contribution in [0.2, 0.25) is 0 Å². The first-order valence-corrected chi connectivity index (χ1v) is 6.43. The molecule has 3 heteroatoms. The van der Waals surface area contributed by atoms with E-state index in [1.165, 1.54) is 5.56 Å². The van der Waals surface area contributed by atoms with Gasteiger partial charge < -0.3 is 10.5 Å². The first kappa shape index (κ1) is 14.0. The van der Waals surface area contributed by atoms with Crippen LogP contribution in [0.15, 0.2) is 30.3 Å². The van der Waals surface area contributed by atoms with Crippen LogP contribution in [0.1, 0.15) is 32.8 Å². The monoisotopic (exact) mass is 251 g/mol. The third-order valence-corrected chi connectivity index (χ3v) is 3.38. The van der Waals surface area contributed by atoms with E-state index in [9.17, 15) is 0 Å². The lowest BCUT2D eigenvalue weighted by atomic mass is 9.82. The highest BCUT2D eigenvalue weighted by Crippen LogP contribution is 2.30. The molecule has 17 heavy (non-hydrogen) atoms. The van der Waals surface area contributed by atoms with Crippen LogP contribution in [-0.4, -0.2) is 10.8 Å². The van der Waals surface area contributed by atoms with Gasteiger partial charge in [0, 0.05) is 6.42 Å². The second-order valence-electron chi connectivity index (χ2n) is 4.66. The molecule has 0 amide bonds. The predicted molar refractivity (Wildman–Crippen MR) is 75.9 cm³/mol. The molecular formula is C14H21NOS. The van der Waals surface area contributed by atoms with Gasteiger partial charge in [0.2, 0.25) is 0 Å². The summed E-state index contributed by atoms with van der Waals surface area (Å²) in [7, 11) is 0. The molecule has 0 saturated heterocycles. The number of rotatable bonds is 5. The van der Waals surface area contributed by atoms with Gasteiger partial charge >= 0.3 is 0 Å². The summed E-state index contributed by atoms with van der Waals surface area (Å²) in [6.07, 6.45) is 1.72. The quantitative estimate of drug-likeness (QED) is 0.816. The largest absolute Gasteiger partial charge is 0.464 e. The molecule has 0 unspecified atom stereocenters. The van der Waals surface area contributed by atoms with E-state index in [0.717, 1.165) is 12.8 Å². The lowest BCUT2D eigenvalue weighted by Crippen LogP contribution is -2.43. The van der Waals surface area contributed by atoms with Crippen LogP contribution in [0.5, 0.6) is 0 Å². The van der Waals surface area contributed by atoms with Gasteiger partial charge in [-0.3, -0.25) is 0 Å². The second kappa shape index (κ2) is 6.01. The van der Waals surface area contributed by atoms with Gasteiger partial charge in [-0.1, -0.05) is 51.1 Å². The maximum Gasteiger partial charge on any atom is 0.254 e. The van der Waals surface area contributed by atoms with E-state index in [1.54, 1.807) is 0 Å². The van der Waals surface area contributed by atoms with Gasteiger partial charge in [0.05, 0.1) is 0 Å². The van der Waals surface area contributed by atoms with Crippen molar-refractivity contribution >= 4 is 17.4 Å². The fourth-order valence-corrected chi connectivity index (χ4v) is 2.27. The van der Waals surface area contributed by atoms with Crippen molar-refractivity contribution < 1.29 is 4.74 Å². The zero-order valence-electron chi connectivity index (χ0n) is 10.8. The summed E-state index contributed by atoms with van der Waals surface area (Å²) in [6, 6.07) is 10.3. The maximum absolute atomic E-state index is 5.76. The Morgan fingerprint density at radius 2 is 1.94 bits per heavy atom. The number of nitrogens with two attached hydrogens (primary N) is 1. The van der Waals surface area contributed by atoms with Gasteiger partial charge in [-0.25, -0.2) is 0 Å². The molecule has 1 rings (SSSR count). The average molecular weight is 251 g/mol. The molecular weight excluding hydrogens is 230 g/mol. The van der Waals surface area contributed by atoms with E-state index in [1.807, 2.05) is 18.2 Å². The SMILES string of the molecule is CC[C@@](Cc1ccccc1)(OC(N)=S)C(C)C. The highest BCUT2D eigenvalue weighted by molar-refractivity contribution is 7.80. The smallest absolute Gasteiger partial charge is 0.254 e. The average Bonchev–Trinajstić information content (AvgIpc) is 2.28. The third-order valence-electron chi connectivity index (χ3n) is 3.30. The number of thiocarbonyl (C=S) groups is 1. The van der Waals surface area contributed by atoms with Crippen LogP contribution in [0, 0.1) is 5.92 Å². The minimum absolute atomic E-state index is 0.136. The van der Waals surface area contributed by atoms with Crippen molar-refractivity contribution in [3.05, 3.63) is 35.9 Å². The van der Waals surface area contributed by atoms with E-state index >= 15 is 0 Å². The van der Waals surface area contributed by atoms with Crippen molar-refractivity contribution in [2.75, 3.05) is 0 Å². The molecule has 0 saturated carbocycles. The lowest BCUT2D eigenvalue weighted by Gasteiger charge is -2.36. The minimum atomic E-state index is -0.298. The van der Waals surface area contributed by atoms with Crippen LogP contribution in [0.4, 0.5) is 0 Å². The molecule has 2 nitrogen and oxygen atoms in total. The summed E-state index contributed by atoms with van der Waals surface area (Å²) in [6.45, 7) is 6.40. The molecule has 94 valence electrons. The van der Waals surface area contributed by atoms with E-state index in [4.69, 9.17) is 22.7 Å². The van der Waals surface area contributed by atoms with E-state index < -0.39 is 0 Å². The Morgan fingerprint density at radius 3 is 2.35 bits per heavy atom. The van der Waals surface area contributed by atoms with Crippen molar-refractivity contribution in [2.45, 2.75) is 39.2 Å². The van der Waals surface area contributed by atoms with E-state index in [2.05, 4.69) is 32.9 Å². The standard InChI is InChI=1S/C14H21NOS/c1-4-14(11(2)3,16-13(15)17)10-12-8-6-5-7-9-12/h5-9,11H,4,10H2,1-3H3,(H2,15,17)/t14-/m0/s1. The van der Waals surface area contributed by atoms with Crippen molar-refractivity contribution in [3.63, 3.8) is 0 Å². The van der Waals surface area contributed by atoms with Crippen molar-refractivity contribution in [1.82, 2.24) is 0 Å². The summed E-state index contributed by atoms with van der Waals surface area (Å²) < 4.78 is 5.76. The topological polar surface area (TPSA) is 35.2 Å². The van der Waals surface area contributed by atoms with Crippen LogP contribution < -0.4 is 5.73 Å². The number of ether oxygens (including phenoxy) is 1. The number of benzene rings is 1. The van der Waals surface area contributed by atoms with Crippen LogP contribution >= 0.6 is 12.2 Å². The van der Waals surface area contributed by atoms with Gasteiger partial charge in [-0.05, 0) is 30.1 Å². The molecule has 0 heterocycles. The van der Waals surface area contributed by atoms with Crippen LogP contribution in [0.3, 0.4) is 0 Å². The van der Waals surface area contributed by atoms with Crippen LogP contribution in [0.25, 0.3) is 0 Å². The number of hydrogen-bond acceptors (Lipinski definition) is 2. The van der Waals surface area contributed by atoms with Crippen molar-refractivity contribution in [2.24, 2.45) is 11.7 Å². The third kappa shape index (κ3) is 3.70. The van der Waals surface area contributed by atoms with E-state index in [0.29, 0.717) is 5.92 Å². The molecule has 0 aromatic heterocycles. The summed E-state index contributed by atoms with van der Waals surface area (Å²) in [5, 5.41) is 0.136. The summed E-state index contributed by atoms with van der Waals surface area (Å²) in [5.41, 5.74) is 6.51. The fraction of sp³-hybridized carbons (Fsp3) is 0.500. The first-order chi connectivity index (χ1) is 8.00. The number of hydrogen-bond donors (Lipinski definition) is 1. The van der Waals surface area contributed by atoms with Gasteiger partial charge in [0.15, 0.2) is 0 Å². The zero-order valence-corrected chi connectivity index (χ0v) is 11.6. The van der Waals surface area contributed by atoms with Crippen LogP contribution in [-0.2, 0) is 11.2 Å². The molecule has 0 aliphatic heterocycles. The summed E-state index contributed by atoms with van der Waals surface area (Å²) in [4.78, 5) is 0. The van der Waals surface area contributed by atoms with Gasteiger partial charge in [-0.15, -0.1) is 0 Å². The van der Waals surface area contributed by atoms with Crippen molar-refractivity contribution in [3.8, 4) is 0 Å². The predicted octanol–water partition coefficient (Wildman–Crippen LogP) is 3.29. The fourth-order valence-electron chi connectivity index (χ4n) is 2.11. The zero-order chi connectivity index (χ0) is 12.9. The Morgan fingerprint density at radius 1 is 1.35 bits per heavy atom. The second-order valence-corrected chi connectivity index (χ2v) is 5.06. The molecule has 1 aromatic rings. The molecule has 0 radical (unpaired) electrons. The first-order valence-electron chi connectivity index (χ1n) is 6.02.